The summed E-state index contributed by atoms with van der Waals surface area (Å²) in [7, 11) is 0. The number of aromatic nitrogens is 1. The zero-order chi connectivity index (χ0) is 21.1. The molecule has 0 saturated carbocycles. The van der Waals surface area contributed by atoms with E-state index < -0.39 is 0 Å². The number of pyridine rings is 1. The first kappa shape index (κ1) is 19.9. The average molecular weight is 404 g/mol. The molecule has 1 aromatic heterocycles. The number of halogens is 1. The highest BCUT2D eigenvalue weighted by atomic mass is 19.1. The van der Waals surface area contributed by atoms with Crippen molar-refractivity contribution in [2.45, 2.75) is 32.5 Å². The third-order valence-corrected chi connectivity index (χ3v) is 5.57. The number of fused-ring (bicyclic) bond motifs is 1. The molecule has 1 N–H and O–H groups in total. The van der Waals surface area contributed by atoms with Crippen molar-refractivity contribution < 1.29 is 9.18 Å². The maximum atomic E-state index is 14.3. The Morgan fingerprint density at radius 3 is 2.63 bits per heavy atom. The van der Waals surface area contributed by atoms with Crippen LogP contribution in [0.1, 0.15) is 31.0 Å². The number of rotatable bonds is 3. The van der Waals surface area contributed by atoms with E-state index in [-0.39, 0.29) is 23.9 Å². The molecule has 4 rings (SSSR count). The monoisotopic (exact) mass is 404 g/mol. The first-order valence-electron chi connectivity index (χ1n) is 10.1. The second-order valence-corrected chi connectivity index (χ2v) is 7.63. The third kappa shape index (κ3) is 3.99. The topological polar surface area (TPSA) is 48.5 Å². The molecule has 0 spiro atoms. The largest absolute Gasteiger partial charge is 0.365 e. The lowest BCUT2D eigenvalue weighted by Crippen LogP contribution is -2.46. The maximum absolute atomic E-state index is 14.3. The highest BCUT2D eigenvalue weighted by Crippen LogP contribution is 2.36. The van der Waals surface area contributed by atoms with Gasteiger partial charge in [0.1, 0.15) is 5.82 Å². The second kappa shape index (κ2) is 8.53. The van der Waals surface area contributed by atoms with Crippen LogP contribution < -0.4 is 10.2 Å². The molecule has 2 aromatic carbocycles. The summed E-state index contributed by atoms with van der Waals surface area (Å²) in [5.41, 5.74) is 3.36. The number of benzene rings is 2. The Kier molecular flexibility index (Phi) is 5.65. The number of carbonyl (C=O) groups excluding carboxylic acids is 1. The van der Waals surface area contributed by atoms with E-state index in [9.17, 15) is 9.18 Å². The zero-order valence-electron chi connectivity index (χ0n) is 17.1. The maximum Gasteiger partial charge on any atom is 0.322 e. The summed E-state index contributed by atoms with van der Waals surface area (Å²) in [5.74, 6) is -0.217. The Morgan fingerprint density at radius 2 is 1.87 bits per heavy atom. The molecule has 1 aliphatic heterocycles. The van der Waals surface area contributed by atoms with E-state index in [4.69, 9.17) is 0 Å². The molecule has 30 heavy (non-hydrogen) atoms. The molecule has 0 radical (unpaired) electrons. The molecule has 2 amide bonds. The van der Waals surface area contributed by atoms with Crippen LogP contribution in [0.4, 0.5) is 20.6 Å². The molecule has 5 nitrogen and oxygen atoms in total. The van der Waals surface area contributed by atoms with Gasteiger partial charge in [-0.05, 0) is 43.7 Å². The number of urea groups is 1. The molecule has 0 fully saturated rings. The molecule has 0 aliphatic carbocycles. The molecule has 0 saturated heterocycles. The molecule has 2 atom stereocenters. The number of nitrogens with zero attached hydrogens (tertiary/aromatic N) is 3. The number of anilines is 2. The Bertz CT molecular complexity index is 1030. The van der Waals surface area contributed by atoms with E-state index in [0.29, 0.717) is 24.3 Å². The van der Waals surface area contributed by atoms with Crippen molar-refractivity contribution in [3.05, 3.63) is 90.0 Å². The van der Waals surface area contributed by atoms with Gasteiger partial charge in [0.2, 0.25) is 0 Å². The van der Waals surface area contributed by atoms with E-state index in [1.165, 1.54) is 6.07 Å². The molecule has 154 valence electrons. The normalized spacial score (nSPS) is 18.5. The fraction of sp³-hybridized carbons (Fsp3) is 0.250. The van der Waals surface area contributed by atoms with Gasteiger partial charge >= 0.3 is 6.03 Å². The van der Waals surface area contributed by atoms with E-state index >= 15 is 0 Å². The molecular formula is C24H25FN4O. The van der Waals surface area contributed by atoms with E-state index in [0.717, 1.165) is 11.3 Å². The number of hydrogen-bond acceptors (Lipinski definition) is 3. The van der Waals surface area contributed by atoms with Gasteiger partial charge in [-0.25, -0.2) is 9.18 Å². The fourth-order valence-electron chi connectivity index (χ4n) is 4.15. The van der Waals surface area contributed by atoms with Crippen molar-refractivity contribution in [1.29, 1.82) is 0 Å². The van der Waals surface area contributed by atoms with Gasteiger partial charge in [-0.15, -0.1) is 0 Å². The Hall–Kier alpha value is -3.41. The van der Waals surface area contributed by atoms with Crippen molar-refractivity contribution in [1.82, 2.24) is 9.88 Å². The van der Waals surface area contributed by atoms with Crippen molar-refractivity contribution >= 4 is 17.4 Å². The van der Waals surface area contributed by atoms with Crippen LogP contribution in [0.25, 0.3) is 0 Å². The summed E-state index contributed by atoms with van der Waals surface area (Å²) in [6.45, 7) is 5.10. The van der Waals surface area contributed by atoms with Crippen molar-refractivity contribution in [2.24, 2.45) is 0 Å². The molecule has 1 aliphatic rings. The Morgan fingerprint density at radius 1 is 1.10 bits per heavy atom. The van der Waals surface area contributed by atoms with Gasteiger partial charge in [-0.2, -0.15) is 0 Å². The Labute approximate surface area is 176 Å². The Balaban J connectivity index is 1.66. The van der Waals surface area contributed by atoms with E-state index in [1.807, 2.05) is 61.2 Å². The van der Waals surface area contributed by atoms with Crippen molar-refractivity contribution in [3.8, 4) is 0 Å². The van der Waals surface area contributed by atoms with E-state index in [2.05, 4.69) is 15.2 Å². The van der Waals surface area contributed by atoms with Gasteiger partial charge in [0.25, 0.3) is 0 Å². The predicted molar refractivity (Wildman–Crippen MR) is 117 cm³/mol. The highest BCUT2D eigenvalue weighted by Gasteiger charge is 2.33. The molecule has 2 heterocycles. The zero-order valence-corrected chi connectivity index (χ0v) is 17.1. The number of para-hydroxylation sites is 1. The predicted octanol–water partition coefficient (Wildman–Crippen LogP) is 5.22. The standard InChI is InChI=1S/C24H25FN4O/c1-17-15-28(16-19-8-3-5-11-22(19)25)23-12-6-4-10-21(23)18(2)29(17)24(30)27-20-9-7-13-26-14-20/h3-14,17-18H,15-16H2,1-2H3,(H,27,30)/t17-,18+/m1/s1. The lowest BCUT2D eigenvalue weighted by molar-refractivity contribution is 0.171. The van der Waals surface area contributed by atoms with Crippen LogP contribution >= 0.6 is 0 Å². The first-order chi connectivity index (χ1) is 14.5. The quantitative estimate of drug-likeness (QED) is 0.651. The molecule has 0 unspecified atom stereocenters. The minimum absolute atomic E-state index is 0.0872. The average Bonchev–Trinajstić information content (AvgIpc) is 2.85. The number of amides is 2. The van der Waals surface area contributed by atoms with Crippen LogP contribution in [-0.4, -0.2) is 28.5 Å². The number of hydrogen-bond donors (Lipinski definition) is 1. The lowest BCUT2D eigenvalue weighted by atomic mass is 10.0. The highest BCUT2D eigenvalue weighted by molar-refractivity contribution is 5.90. The fourth-order valence-corrected chi connectivity index (χ4v) is 4.15. The molecule has 6 heteroatoms. The minimum Gasteiger partial charge on any atom is -0.365 e. The van der Waals surface area contributed by atoms with Crippen LogP contribution in [0.2, 0.25) is 0 Å². The van der Waals surface area contributed by atoms with Gasteiger partial charge in [0, 0.05) is 36.6 Å². The first-order valence-corrected chi connectivity index (χ1v) is 10.1. The van der Waals surface area contributed by atoms with Crippen LogP contribution in [0, 0.1) is 5.82 Å². The van der Waals surface area contributed by atoms with Crippen LogP contribution in [0.5, 0.6) is 0 Å². The summed E-state index contributed by atoms with van der Waals surface area (Å²) in [6.07, 6.45) is 3.30. The summed E-state index contributed by atoms with van der Waals surface area (Å²) < 4.78 is 14.3. The van der Waals surface area contributed by atoms with Gasteiger partial charge < -0.3 is 15.1 Å². The summed E-state index contributed by atoms with van der Waals surface area (Å²) in [5, 5.41) is 2.95. The molecule has 3 aromatic rings. The van der Waals surface area contributed by atoms with Crippen molar-refractivity contribution in [2.75, 3.05) is 16.8 Å². The van der Waals surface area contributed by atoms with Crippen LogP contribution in [-0.2, 0) is 6.54 Å². The second-order valence-electron chi connectivity index (χ2n) is 7.63. The SMILES string of the molecule is C[C@@H]1CN(Cc2ccccc2F)c2ccccc2[C@H](C)N1C(=O)Nc1cccnc1. The summed E-state index contributed by atoms with van der Waals surface area (Å²) in [4.78, 5) is 21.3. The van der Waals surface area contributed by atoms with Gasteiger partial charge in [0.15, 0.2) is 0 Å². The smallest absolute Gasteiger partial charge is 0.322 e. The van der Waals surface area contributed by atoms with E-state index in [1.54, 1.807) is 24.5 Å². The van der Waals surface area contributed by atoms with Crippen molar-refractivity contribution in [3.63, 3.8) is 0 Å². The minimum atomic E-state index is -0.217. The van der Waals surface area contributed by atoms with Crippen LogP contribution in [0.15, 0.2) is 73.1 Å². The number of carbonyl (C=O) groups is 1. The molecule has 0 bridgehead atoms. The summed E-state index contributed by atoms with van der Waals surface area (Å²) >= 11 is 0. The lowest BCUT2D eigenvalue weighted by Gasteiger charge is -2.33. The van der Waals surface area contributed by atoms with Gasteiger partial charge in [-0.3, -0.25) is 4.98 Å². The number of nitrogens with one attached hydrogen (secondary N) is 1. The van der Waals surface area contributed by atoms with Gasteiger partial charge in [0.05, 0.1) is 17.9 Å². The summed E-state index contributed by atoms with van der Waals surface area (Å²) in [6, 6.07) is 18.1. The van der Waals surface area contributed by atoms with Gasteiger partial charge in [-0.1, -0.05) is 36.4 Å². The third-order valence-electron chi connectivity index (χ3n) is 5.57. The van der Waals surface area contributed by atoms with Crippen LogP contribution in [0.3, 0.4) is 0 Å². The molecular weight excluding hydrogens is 379 g/mol.